The van der Waals surface area contributed by atoms with E-state index in [9.17, 15) is 4.79 Å². The Morgan fingerprint density at radius 2 is 2.29 bits per heavy atom. The molecule has 1 heterocycles. The highest BCUT2D eigenvalue weighted by atomic mass is 16.5. The van der Waals surface area contributed by atoms with Crippen molar-refractivity contribution in [3.05, 3.63) is 51.9 Å². The second-order valence-corrected chi connectivity index (χ2v) is 4.55. The summed E-state index contributed by atoms with van der Waals surface area (Å²) < 4.78 is 4.95. The number of nitrogens with zero attached hydrogens (tertiary/aromatic N) is 1. The van der Waals surface area contributed by atoms with Gasteiger partial charge >= 0.3 is 5.95 Å². The van der Waals surface area contributed by atoms with Gasteiger partial charge in [0, 0.05) is 13.2 Å². The minimum Gasteiger partial charge on any atom is -0.377 e. The molecule has 0 bridgehead atoms. The highest BCUT2D eigenvalue weighted by Gasteiger charge is 2.06. The summed E-state index contributed by atoms with van der Waals surface area (Å²) in [5, 5.41) is 2.99. The van der Waals surface area contributed by atoms with Gasteiger partial charge in [0.1, 0.15) is 5.69 Å². The van der Waals surface area contributed by atoms with Gasteiger partial charge in [-0.3, -0.25) is 10.1 Å². The number of aromatic nitrogens is 2. The van der Waals surface area contributed by atoms with Gasteiger partial charge in [0.15, 0.2) is 0 Å². The second kappa shape index (κ2) is 6.67. The van der Waals surface area contributed by atoms with Crippen LogP contribution in [0.5, 0.6) is 0 Å². The van der Waals surface area contributed by atoms with Crippen molar-refractivity contribution in [2.45, 2.75) is 13.5 Å². The Hall–Kier alpha value is -2.67. The lowest BCUT2D eigenvalue weighted by molar-refractivity contribution is -0.365. The summed E-state index contributed by atoms with van der Waals surface area (Å²) in [5.74, 6) is 0.519. The molecule has 5 N–H and O–H groups in total. The fourth-order valence-corrected chi connectivity index (χ4v) is 1.83. The van der Waals surface area contributed by atoms with Gasteiger partial charge in [0.2, 0.25) is 0 Å². The molecule has 0 aliphatic carbocycles. The Bertz CT molecular complexity index is 709. The molecule has 0 fully saturated rings. The molecule has 0 aliphatic heterocycles. The number of nitrogens with one attached hydrogen (secondary N) is 3. The molecule has 0 aliphatic rings. The summed E-state index contributed by atoms with van der Waals surface area (Å²) in [6.07, 6.45) is 0. The molecule has 2 rings (SSSR count). The van der Waals surface area contributed by atoms with Crippen LogP contribution >= 0.6 is 0 Å². The number of hydrogen-bond acceptors (Lipinski definition) is 3. The van der Waals surface area contributed by atoms with Crippen LogP contribution < -0.4 is 21.6 Å². The van der Waals surface area contributed by atoms with E-state index in [2.05, 4.69) is 20.3 Å². The number of anilines is 1. The van der Waals surface area contributed by atoms with Crippen molar-refractivity contribution in [3.63, 3.8) is 0 Å². The van der Waals surface area contributed by atoms with Gasteiger partial charge in [0.25, 0.3) is 11.5 Å². The molecular weight excluding hydrogens is 270 g/mol. The Kier molecular flexibility index (Phi) is 4.68. The zero-order valence-corrected chi connectivity index (χ0v) is 11.9. The summed E-state index contributed by atoms with van der Waals surface area (Å²) >= 11 is 0. The number of ether oxygens (including phenoxy) is 1. The van der Waals surface area contributed by atoms with Crippen molar-refractivity contribution in [2.24, 2.45) is 5.73 Å². The Morgan fingerprint density at radius 3 is 3.00 bits per heavy atom. The quantitative estimate of drug-likeness (QED) is 0.442. The smallest absolute Gasteiger partial charge is 0.325 e. The number of hydrogen-bond donors (Lipinski definition) is 4. The molecule has 0 atom stereocenters. The highest BCUT2D eigenvalue weighted by molar-refractivity contribution is 5.88. The van der Waals surface area contributed by atoms with E-state index >= 15 is 0 Å². The van der Waals surface area contributed by atoms with E-state index in [1.807, 2.05) is 31.2 Å². The number of H-pyrrole nitrogens is 1. The van der Waals surface area contributed by atoms with Crippen LogP contribution in [-0.2, 0) is 11.3 Å². The average molecular weight is 288 g/mol. The number of aryl methyl sites for hydroxylation is 1. The van der Waals surface area contributed by atoms with E-state index in [4.69, 9.17) is 10.5 Å². The number of methoxy groups -OCH3 is 1. The topological polar surface area (TPSA) is 107 Å². The van der Waals surface area contributed by atoms with Gasteiger partial charge < -0.3 is 10.5 Å². The van der Waals surface area contributed by atoms with Crippen molar-refractivity contribution in [1.29, 1.82) is 0 Å². The number of aromatic amines is 1. The normalized spacial score (nSPS) is 11.4. The Labute approximate surface area is 121 Å². The SMILES string of the molecule is COCc1cc(=O)[nH]c([NH+]=C(N)Nc2cccc(C)c2)n1. The van der Waals surface area contributed by atoms with Crippen LogP contribution in [0.15, 0.2) is 35.1 Å². The molecule has 7 heteroatoms. The van der Waals surface area contributed by atoms with Crippen LogP contribution in [0.2, 0.25) is 0 Å². The monoisotopic (exact) mass is 288 g/mol. The fraction of sp³-hybridized carbons (Fsp3) is 0.214. The van der Waals surface area contributed by atoms with Gasteiger partial charge in [-0.1, -0.05) is 12.1 Å². The molecule has 0 saturated carbocycles. The first-order chi connectivity index (χ1) is 10.1. The minimum absolute atomic E-state index is 0.254. The first-order valence-electron chi connectivity index (χ1n) is 6.39. The summed E-state index contributed by atoms with van der Waals surface area (Å²) in [7, 11) is 1.54. The summed E-state index contributed by atoms with van der Waals surface area (Å²) in [6, 6.07) is 9.12. The van der Waals surface area contributed by atoms with Gasteiger partial charge in [-0.25, -0.2) is 9.98 Å². The molecule has 0 spiro atoms. The maximum Gasteiger partial charge on any atom is 0.325 e. The van der Waals surface area contributed by atoms with Crippen LogP contribution in [-0.4, -0.2) is 23.0 Å². The Balaban J connectivity index is 2.20. The number of guanidine groups is 1. The lowest BCUT2D eigenvalue weighted by Crippen LogP contribution is -2.73. The van der Waals surface area contributed by atoms with E-state index in [-0.39, 0.29) is 24.1 Å². The van der Waals surface area contributed by atoms with E-state index in [0.717, 1.165) is 11.3 Å². The van der Waals surface area contributed by atoms with E-state index in [0.29, 0.717) is 5.69 Å². The molecule has 1 aromatic heterocycles. The molecule has 0 saturated heterocycles. The van der Waals surface area contributed by atoms with Crippen LogP contribution in [0, 0.1) is 6.92 Å². The predicted octanol–water partition coefficient (Wildman–Crippen LogP) is -0.636. The standard InChI is InChI=1S/C14H17N5O2/c1-9-4-3-5-10(6-9)16-13(15)19-14-17-11(8-21-2)7-12(20)18-14/h3-7H,8H2,1-2H3,(H4,15,16,17,18,19,20)/p+1. The number of benzene rings is 1. The van der Waals surface area contributed by atoms with Crippen LogP contribution in [0.4, 0.5) is 11.6 Å². The van der Waals surface area contributed by atoms with Gasteiger partial charge in [-0.05, 0) is 24.6 Å². The third-order valence-electron chi connectivity index (χ3n) is 2.64. The fourth-order valence-electron chi connectivity index (χ4n) is 1.83. The van der Waals surface area contributed by atoms with Crippen LogP contribution in [0.3, 0.4) is 0 Å². The van der Waals surface area contributed by atoms with E-state index < -0.39 is 0 Å². The van der Waals surface area contributed by atoms with Crippen molar-refractivity contribution in [1.82, 2.24) is 9.97 Å². The zero-order chi connectivity index (χ0) is 15.2. The molecule has 110 valence electrons. The third-order valence-corrected chi connectivity index (χ3v) is 2.64. The number of rotatable bonds is 4. The lowest BCUT2D eigenvalue weighted by Gasteiger charge is -2.02. The summed E-state index contributed by atoms with van der Waals surface area (Å²) in [5.41, 5.74) is 8.06. The summed E-state index contributed by atoms with van der Waals surface area (Å²) in [6.45, 7) is 2.24. The highest BCUT2D eigenvalue weighted by Crippen LogP contribution is 2.08. The van der Waals surface area contributed by atoms with Gasteiger partial charge in [-0.2, -0.15) is 0 Å². The van der Waals surface area contributed by atoms with Crippen LogP contribution in [0.25, 0.3) is 0 Å². The second-order valence-electron chi connectivity index (χ2n) is 4.55. The molecule has 21 heavy (non-hydrogen) atoms. The number of nitrogens with two attached hydrogens (primary N) is 1. The average Bonchev–Trinajstić information content (AvgIpc) is 2.37. The minimum atomic E-state index is -0.275. The summed E-state index contributed by atoms with van der Waals surface area (Å²) in [4.78, 5) is 21.1. The van der Waals surface area contributed by atoms with Crippen molar-refractivity contribution < 1.29 is 9.73 Å². The van der Waals surface area contributed by atoms with Crippen molar-refractivity contribution >= 4 is 17.6 Å². The maximum atomic E-state index is 11.5. The predicted molar refractivity (Wildman–Crippen MR) is 80.2 cm³/mol. The molecule has 1 aromatic carbocycles. The van der Waals surface area contributed by atoms with Crippen molar-refractivity contribution in [3.8, 4) is 0 Å². The largest absolute Gasteiger partial charge is 0.377 e. The van der Waals surface area contributed by atoms with Gasteiger partial charge in [0.05, 0.1) is 12.3 Å². The van der Waals surface area contributed by atoms with Crippen LogP contribution in [0.1, 0.15) is 11.3 Å². The first kappa shape index (κ1) is 14.7. The van der Waals surface area contributed by atoms with Crippen molar-refractivity contribution in [2.75, 3.05) is 12.4 Å². The first-order valence-corrected chi connectivity index (χ1v) is 6.39. The molecular formula is C14H18N5O2+. The molecule has 2 aromatic rings. The van der Waals surface area contributed by atoms with E-state index in [1.54, 1.807) is 0 Å². The Morgan fingerprint density at radius 1 is 1.48 bits per heavy atom. The zero-order valence-electron chi connectivity index (χ0n) is 11.9. The third kappa shape index (κ3) is 4.43. The van der Waals surface area contributed by atoms with E-state index in [1.165, 1.54) is 13.2 Å². The lowest BCUT2D eigenvalue weighted by atomic mass is 10.2. The molecule has 0 amide bonds. The molecule has 7 nitrogen and oxygen atoms in total. The van der Waals surface area contributed by atoms with Gasteiger partial charge in [-0.15, -0.1) is 4.98 Å². The molecule has 0 unspecified atom stereocenters. The maximum absolute atomic E-state index is 11.5. The molecule has 0 radical (unpaired) electrons.